The molecule has 1 aliphatic heterocycles. The van der Waals surface area contributed by atoms with E-state index in [-0.39, 0.29) is 5.88 Å². The van der Waals surface area contributed by atoms with Crippen LogP contribution < -0.4 is 0 Å². The number of hydrogen-bond acceptors (Lipinski definition) is 7. The van der Waals surface area contributed by atoms with Gasteiger partial charge in [-0.05, 0) is 29.8 Å². The van der Waals surface area contributed by atoms with E-state index in [0.717, 1.165) is 49.3 Å². The number of pyridine rings is 1. The SMILES string of the molecule is N#Cc1ccc2[nH]c(O)c(-c3ccc(CN4CCOCC4)cn3)c2c1.O=C(O)C=CC(=O)O. The smallest absolute Gasteiger partial charge is 0.328 e. The van der Waals surface area contributed by atoms with E-state index in [9.17, 15) is 14.7 Å². The summed E-state index contributed by atoms with van der Waals surface area (Å²) >= 11 is 0. The van der Waals surface area contributed by atoms with Crippen LogP contribution in [0.2, 0.25) is 0 Å². The number of carboxylic acid groups (broad SMARTS) is 2. The number of morpholine rings is 1. The first-order valence-electron chi connectivity index (χ1n) is 10.0. The predicted molar refractivity (Wildman–Crippen MR) is 118 cm³/mol. The molecule has 33 heavy (non-hydrogen) atoms. The molecular formula is C23H22N4O6. The van der Waals surface area contributed by atoms with Gasteiger partial charge in [0.25, 0.3) is 0 Å². The van der Waals surface area contributed by atoms with Crippen molar-refractivity contribution in [2.45, 2.75) is 6.54 Å². The molecule has 0 atom stereocenters. The number of nitriles is 1. The van der Waals surface area contributed by atoms with Crippen molar-refractivity contribution in [1.29, 1.82) is 5.26 Å². The lowest BCUT2D eigenvalue weighted by molar-refractivity contribution is -0.134. The van der Waals surface area contributed by atoms with Gasteiger partial charge in [-0.3, -0.25) is 9.88 Å². The summed E-state index contributed by atoms with van der Waals surface area (Å²) in [6, 6.07) is 11.4. The van der Waals surface area contributed by atoms with Crippen molar-refractivity contribution in [3.05, 3.63) is 59.8 Å². The van der Waals surface area contributed by atoms with E-state index in [2.05, 4.69) is 20.9 Å². The van der Waals surface area contributed by atoms with E-state index in [0.29, 0.717) is 29.0 Å². The van der Waals surface area contributed by atoms with E-state index in [1.807, 2.05) is 18.3 Å². The average Bonchev–Trinajstić information content (AvgIpc) is 3.14. The number of carboxylic acids is 2. The number of fused-ring (bicyclic) bond motifs is 1. The van der Waals surface area contributed by atoms with Crippen LogP contribution in [0.3, 0.4) is 0 Å². The molecule has 4 N–H and O–H groups in total. The molecule has 0 spiro atoms. The number of rotatable bonds is 5. The molecule has 0 amide bonds. The van der Waals surface area contributed by atoms with Crippen molar-refractivity contribution >= 4 is 22.8 Å². The summed E-state index contributed by atoms with van der Waals surface area (Å²) in [6.45, 7) is 4.25. The number of benzene rings is 1. The fourth-order valence-corrected chi connectivity index (χ4v) is 3.33. The molecule has 170 valence electrons. The Morgan fingerprint density at radius 2 is 1.85 bits per heavy atom. The summed E-state index contributed by atoms with van der Waals surface area (Å²) in [5, 5.41) is 35.8. The van der Waals surface area contributed by atoms with E-state index in [4.69, 9.17) is 20.2 Å². The largest absolute Gasteiger partial charge is 0.494 e. The third kappa shape index (κ3) is 6.39. The zero-order chi connectivity index (χ0) is 23.8. The van der Waals surface area contributed by atoms with E-state index < -0.39 is 11.9 Å². The maximum Gasteiger partial charge on any atom is 0.328 e. The molecular weight excluding hydrogens is 428 g/mol. The van der Waals surface area contributed by atoms with Crippen molar-refractivity contribution in [2.24, 2.45) is 0 Å². The maximum atomic E-state index is 10.3. The summed E-state index contributed by atoms with van der Waals surface area (Å²) in [5.74, 6) is -2.45. The highest BCUT2D eigenvalue weighted by Crippen LogP contribution is 2.36. The van der Waals surface area contributed by atoms with Gasteiger partial charge in [-0.1, -0.05) is 6.07 Å². The first-order valence-corrected chi connectivity index (χ1v) is 10.0. The van der Waals surface area contributed by atoms with Crippen LogP contribution in [0.1, 0.15) is 11.1 Å². The molecule has 2 aromatic heterocycles. The minimum Gasteiger partial charge on any atom is -0.494 e. The summed E-state index contributed by atoms with van der Waals surface area (Å²) in [7, 11) is 0. The molecule has 0 unspecified atom stereocenters. The number of hydrogen-bond donors (Lipinski definition) is 4. The predicted octanol–water partition coefficient (Wildman–Crippen LogP) is 2.35. The maximum absolute atomic E-state index is 10.3. The highest BCUT2D eigenvalue weighted by atomic mass is 16.5. The summed E-state index contributed by atoms with van der Waals surface area (Å²) in [4.78, 5) is 28.9. The Hall–Kier alpha value is -4.20. The Bertz CT molecular complexity index is 1190. The topological polar surface area (TPSA) is 160 Å². The second-order valence-electron chi connectivity index (χ2n) is 7.17. The van der Waals surface area contributed by atoms with Crippen molar-refractivity contribution in [3.8, 4) is 23.2 Å². The van der Waals surface area contributed by atoms with Crippen molar-refractivity contribution < 1.29 is 29.6 Å². The van der Waals surface area contributed by atoms with E-state index in [1.165, 1.54) is 0 Å². The molecule has 4 rings (SSSR count). The molecule has 0 saturated carbocycles. The van der Waals surface area contributed by atoms with Gasteiger partial charge in [0.1, 0.15) is 0 Å². The molecule has 1 aromatic carbocycles. The average molecular weight is 450 g/mol. The second kappa shape index (κ2) is 10.9. The summed E-state index contributed by atoms with van der Waals surface area (Å²) in [5.41, 5.74) is 3.78. The summed E-state index contributed by atoms with van der Waals surface area (Å²) < 4.78 is 5.37. The number of nitrogens with one attached hydrogen (secondary N) is 1. The quantitative estimate of drug-likeness (QED) is 0.428. The Labute approximate surface area is 189 Å². The van der Waals surface area contributed by atoms with Crippen LogP contribution in [0.15, 0.2) is 48.7 Å². The lowest BCUT2D eigenvalue weighted by Gasteiger charge is -2.26. The van der Waals surface area contributed by atoms with Crippen LogP contribution >= 0.6 is 0 Å². The summed E-state index contributed by atoms with van der Waals surface area (Å²) in [6.07, 6.45) is 2.96. The van der Waals surface area contributed by atoms with Gasteiger partial charge >= 0.3 is 11.9 Å². The Kier molecular flexibility index (Phi) is 7.75. The van der Waals surface area contributed by atoms with Gasteiger partial charge in [0.2, 0.25) is 0 Å². The van der Waals surface area contributed by atoms with Gasteiger partial charge in [0.15, 0.2) is 5.88 Å². The Morgan fingerprint density at radius 3 is 2.42 bits per heavy atom. The van der Waals surface area contributed by atoms with Crippen LogP contribution in [0.4, 0.5) is 0 Å². The number of aromatic amines is 1. The normalized spacial score (nSPS) is 13.9. The standard InChI is InChI=1S/C19H18N4O2.C4H4O4/c20-10-13-1-3-16-15(9-13)18(19(24)22-16)17-4-2-14(11-21-17)12-23-5-7-25-8-6-23;5-3(6)1-2-4(7)8/h1-4,9,11,22,24H,5-8,12H2;1-2H,(H,5,6)(H,7,8). The molecule has 0 aliphatic carbocycles. The number of H-pyrrole nitrogens is 1. The minimum atomic E-state index is -1.26. The third-order valence-electron chi connectivity index (χ3n) is 4.87. The van der Waals surface area contributed by atoms with Crippen molar-refractivity contribution in [1.82, 2.24) is 14.9 Å². The van der Waals surface area contributed by atoms with E-state index >= 15 is 0 Å². The van der Waals surface area contributed by atoms with Gasteiger partial charge < -0.3 is 25.0 Å². The van der Waals surface area contributed by atoms with Gasteiger partial charge in [-0.2, -0.15) is 5.26 Å². The number of aromatic hydroxyl groups is 1. The van der Waals surface area contributed by atoms with Crippen LogP contribution in [0.5, 0.6) is 5.88 Å². The monoisotopic (exact) mass is 450 g/mol. The van der Waals surface area contributed by atoms with Gasteiger partial charge in [0.05, 0.1) is 36.1 Å². The molecule has 10 heteroatoms. The Balaban J connectivity index is 0.000000331. The molecule has 3 aromatic rings. The number of ether oxygens (including phenoxy) is 1. The molecule has 1 aliphatic rings. The molecule has 0 radical (unpaired) electrons. The lowest BCUT2D eigenvalue weighted by atomic mass is 10.1. The third-order valence-corrected chi connectivity index (χ3v) is 4.87. The number of aliphatic carboxylic acids is 2. The van der Waals surface area contributed by atoms with Crippen molar-refractivity contribution in [2.75, 3.05) is 26.3 Å². The van der Waals surface area contributed by atoms with E-state index in [1.54, 1.807) is 18.2 Å². The van der Waals surface area contributed by atoms with Gasteiger partial charge in [-0.25, -0.2) is 9.59 Å². The lowest BCUT2D eigenvalue weighted by Crippen LogP contribution is -2.35. The second-order valence-corrected chi connectivity index (χ2v) is 7.17. The first kappa shape index (κ1) is 23.5. The molecule has 10 nitrogen and oxygen atoms in total. The van der Waals surface area contributed by atoms with Crippen molar-refractivity contribution in [3.63, 3.8) is 0 Å². The fraction of sp³-hybridized carbons (Fsp3) is 0.217. The highest BCUT2D eigenvalue weighted by Gasteiger charge is 2.15. The fourth-order valence-electron chi connectivity index (χ4n) is 3.33. The number of aromatic nitrogens is 2. The van der Waals surface area contributed by atoms with Crippen LogP contribution in [-0.4, -0.2) is 68.4 Å². The highest BCUT2D eigenvalue weighted by molar-refractivity contribution is 5.98. The van der Waals surface area contributed by atoms with Gasteiger partial charge in [-0.15, -0.1) is 0 Å². The zero-order valence-electron chi connectivity index (χ0n) is 17.6. The van der Waals surface area contributed by atoms with Crippen LogP contribution in [-0.2, 0) is 20.9 Å². The first-order chi connectivity index (χ1) is 15.9. The number of nitrogens with zero attached hydrogens (tertiary/aromatic N) is 3. The molecule has 1 saturated heterocycles. The zero-order valence-corrected chi connectivity index (χ0v) is 17.6. The number of carbonyl (C=O) groups is 2. The molecule has 3 heterocycles. The van der Waals surface area contributed by atoms with Gasteiger partial charge in [0, 0.05) is 48.9 Å². The van der Waals surface area contributed by atoms with Crippen LogP contribution in [0.25, 0.3) is 22.2 Å². The molecule has 1 fully saturated rings. The van der Waals surface area contributed by atoms with Crippen LogP contribution in [0, 0.1) is 11.3 Å². The molecule has 0 bridgehead atoms. The minimum absolute atomic E-state index is 0.0681. The Morgan fingerprint density at radius 1 is 1.15 bits per heavy atom.